The van der Waals surface area contributed by atoms with E-state index in [0.717, 1.165) is 35.6 Å². The molecule has 4 rings (SSSR count). The second-order valence-electron chi connectivity index (χ2n) is 6.03. The fourth-order valence-corrected chi connectivity index (χ4v) is 3.03. The number of rotatable bonds is 4. The van der Waals surface area contributed by atoms with Crippen LogP contribution in [0.5, 0.6) is 0 Å². The summed E-state index contributed by atoms with van der Waals surface area (Å²) < 4.78 is 1.77. The summed E-state index contributed by atoms with van der Waals surface area (Å²) in [6.07, 6.45) is 6.44. The lowest BCUT2D eigenvalue weighted by Crippen LogP contribution is -2.16. The molecule has 0 saturated carbocycles. The third-order valence-electron chi connectivity index (χ3n) is 4.22. The van der Waals surface area contributed by atoms with Crippen LogP contribution in [0.25, 0.3) is 5.69 Å². The normalized spacial score (nSPS) is 13.5. The second kappa shape index (κ2) is 6.31. The molecule has 0 spiro atoms. The Kier molecular flexibility index (Phi) is 3.86. The van der Waals surface area contributed by atoms with E-state index in [1.54, 1.807) is 4.68 Å². The largest absolute Gasteiger partial charge is 0.328 e. The number of hydrogen-bond donors (Lipinski definition) is 2. The van der Waals surface area contributed by atoms with Crippen molar-refractivity contribution in [3.8, 4) is 5.69 Å². The number of aromatic nitrogens is 4. The van der Waals surface area contributed by atoms with Crippen LogP contribution in [0, 0.1) is 0 Å². The summed E-state index contributed by atoms with van der Waals surface area (Å²) >= 11 is 0. The number of H-pyrrole nitrogens is 1. The van der Waals surface area contributed by atoms with Gasteiger partial charge in [0.15, 0.2) is 0 Å². The van der Waals surface area contributed by atoms with Crippen molar-refractivity contribution < 1.29 is 4.79 Å². The fraction of sp³-hybridized carbons (Fsp3) is 0.278. The maximum atomic E-state index is 12.2. The minimum Gasteiger partial charge on any atom is -0.328 e. The molecule has 1 aliphatic carbocycles. The number of carbonyl (C=O) groups is 1. The highest BCUT2D eigenvalue weighted by molar-refractivity contribution is 5.90. The van der Waals surface area contributed by atoms with Crippen molar-refractivity contribution in [3.05, 3.63) is 59.7 Å². The molecule has 1 aliphatic rings. The summed E-state index contributed by atoms with van der Waals surface area (Å²) in [5.74, 6) is 0.439. The van der Waals surface area contributed by atoms with Gasteiger partial charge in [-0.3, -0.25) is 10.1 Å². The van der Waals surface area contributed by atoms with E-state index in [1.165, 1.54) is 12.8 Å². The van der Waals surface area contributed by atoms with Gasteiger partial charge in [0.05, 0.1) is 23.5 Å². The molecule has 1 aromatic carbocycles. The summed E-state index contributed by atoms with van der Waals surface area (Å²) in [6.45, 7) is 0. The highest BCUT2D eigenvalue weighted by Crippen LogP contribution is 2.20. The quantitative estimate of drug-likeness (QED) is 0.775. The van der Waals surface area contributed by atoms with E-state index in [1.807, 2.05) is 42.6 Å². The molecule has 0 bridgehead atoms. The summed E-state index contributed by atoms with van der Waals surface area (Å²) in [6, 6.07) is 11.7. The Bertz CT molecular complexity index is 826. The molecular formula is C18H19N5O. The summed E-state index contributed by atoms with van der Waals surface area (Å²) in [7, 11) is 0. The van der Waals surface area contributed by atoms with Gasteiger partial charge in [-0.25, -0.2) is 9.67 Å². The van der Waals surface area contributed by atoms with Gasteiger partial charge in [-0.05, 0) is 43.9 Å². The first-order valence-corrected chi connectivity index (χ1v) is 8.25. The van der Waals surface area contributed by atoms with Gasteiger partial charge in [-0.1, -0.05) is 18.2 Å². The molecule has 6 heteroatoms. The Morgan fingerprint density at radius 1 is 1.17 bits per heavy atom. The molecule has 3 aromatic rings. The highest BCUT2D eigenvalue weighted by Gasteiger charge is 2.16. The summed E-state index contributed by atoms with van der Waals surface area (Å²) in [4.78, 5) is 19.9. The van der Waals surface area contributed by atoms with Crippen LogP contribution in [0.2, 0.25) is 0 Å². The molecule has 2 aromatic heterocycles. The number of nitrogens with zero attached hydrogens (tertiary/aromatic N) is 3. The zero-order valence-corrected chi connectivity index (χ0v) is 13.3. The Hall–Kier alpha value is -2.89. The number of nitrogens with one attached hydrogen (secondary N) is 2. The number of hydrogen-bond acceptors (Lipinski definition) is 3. The maximum Gasteiger partial charge on any atom is 0.232 e. The lowest BCUT2D eigenvalue weighted by molar-refractivity contribution is -0.115. The molecule has 122 valence electrons. The third kappa shape index (κ3) is 3.08. The number of aromatic amines is 1. The predicted octanol–water partition coefficient (Wildman–Crippen LogP) is 2.66. The summed E-state index contributed by atoms with van der Waals surface area (Å²) in [5, 5.41) is 7.29. The molecule has 0 unspecified atom stereocenters. The molecule has 0 aliphatic heterocycles. The Morgan fingerprint density at radius 2 is 2.00 bits per heavy atom. The van der Waals surface area contributed by atoms with Gasteiger partial charge in [-0.15, -0.1) is 0 Å². The predicted molar refractivity (Wildman–Crippen MR) is 91.1 cm³/mol. The zero-order chi connectivity index (χ0) is 16.4. The third-order valence-corrected chi connectivity index (χ3v) is 4.22. The lowest BCUT2D eigenvalue weighted by atomic mass is 10.0. The van der Waals surface area contributed by atoms with Crippen molar-refractivity contribution in [2.45, 2.75) is 32.1 Å². The highest BCUT2D eigenvalue weighted by atomic mass is 16.1. The number of benzene rings is 1. The van der Waals surface area contributed by atoms with Gasteiger partial charge in [0.1, 0.15) is 0 Å². The smallest absolute Gasteiger partial charge is 0.232 e. The van der Waals surface area contributed by atoms with Crippen LogP contribution in [-0.2, 0) is 24.1 Å². The van der Waals surface area contributed by atoms with Gasteiger partial charge in [0, 0.05) is 11.9 Å². The number of para-hydroxylation sites is 1. The number of carbonyl (C=O) groups excluding carboxylic acids is 1. The molecule has 0 saturated heterocycles. The van der Waals surface area contributed by atoms with Gasteiger partial charge >= 0.3 is 0 Å². The fourth-order valence-electron chi connectivity index (χ4n) is 3.03. The number of fused-ring (bicyclic) bond motifs is 1. The standard InChI is InChI=1S/C18H19N5O/c24-17(21-18-19-15-8-4-5-9-16(15)20-18)12-13-10-11-23(22-13)14-6-2-1-3-7-14/h1-3,6-7,10-11H,4-5,8-9,12H2,(H2,19,20,21,24). The topological polar surface area (TPSA) is 75.6 Å². The first-order valence-electron chi connectivity index (χ1n) is 8.25. The second-order valence-corrected chi connectivity index (χ2v) is 6.03. The van der Waals surface area contributed by atoms with Crippen molar-refractivity contribution in [1.29, 1.82) is 0 Å². The van der Waals surface area contributed by atoms with Crippen LogP contribution in [-0.4, -0.2) is 25.7 Å². The molecule has 0 fully saturated rings. The van der Waals surface area contributed by atoms with Crippen molar-refractivity contribution >= 4 is 11.9 Å². The molecule has 6 nitrogen and oxygen atoms in total. The van der Waals surface area contributed by atoms with Crippen LogP contribution < -0.4 is 5.32 Å². The van der Waals surface area contributed by atoms with E-state index in [9.17, 15) is 4.79 Å². The molecule has 2 N–H and O–H groups in total. The molecule has 24 heavy (non-hydrogen) atoms. The maximum absolute atomic E-state index is 12.2. The number of amides is 1. The van der Waals surface area contributed by atoms with Crippen molar-refractivity contribution in [2.75, 3.05) is 5.32 Å². The Labute approximate surface area is 139 Å². The van der Waals surface area contributed by atoms with Crippen molar-refractivity contribution in [3.63, 3.8) is 0 Å². The van der Waals surface area contributed by atoms with Crippen LogP contribution in [0.1, 0.15) is 29.9 Å². The Balaban J connectivity index is 1.41. The Morgan fingerprint density at radius 3 is 2.83 bits per heavy atom. The SMILES string of the molecule is O=C(Cc1ccn(-c2ccccc2)n1)Nc1nc2c([nH]1)CCCC2. The van der Waals surface area contributed by atoms with Gasteiger partial charge in [-0.2, -0.15) is 5.10 Å². The zero-order valence-electron chi connectivity index (χ0n) is 13.3. The van der Waals surface area contributed by atoms with E-state index in [4.69, 9.17) is 0 Å². The van der Waals surface area contributed by atoms with Crippen molar-refractivity contribution in [2.24, 2.45) is 0 Å². The molecule has 2 heterocycles. The van der Waals surface area contributed by atoms with E-state index < -0.39 is 0 Å². The van der Waals surface area contributed by atoms with Gasteiger partial charge in [0.2, 0.25) is 11.9 Å². The van der Waals surface area contributed by atoms with Gasteiger partial charge in [0.25, 0.3) is 0 Å². The van der Waals surface area contributed by atoms with Crippen LogP contribution >= 0.6 is 0 Å². The molecule has 1 amide bonds. The minimum absolute atomic E-state index is 0.112. The van der Waals surface area contributed by atoms with Crippen LogP contribution in [0.3, 0.4) is 0 Å². The van der Waals surface area contributed by atoms with Crippen LogP contribution in [0.4, 0.5) is 5.95 Å². The lowest BCUT2D eigenvalue weighted by Gasteiger charge is -2.07. The molecular weight excluding hydrogens is 302 g/mol. The van der Waals surface area contributed by atoms with Crippen LogP contribution in [0.15, 0.2) is 42.6 Å². The first-order chi connectivity index (χ1) is 11.8. The minimum atomic E-state index is -0.112. The number of imidazole rings is 1. The number of aryl methyl sites for hydroxylation is 2. The average molecular weight is 321 g/mol. The monoisotopic (exact) mass is 321 g/mol. The van der Waals surface area contributed by atoms with E-state index in [-0.39, 0.29) is 12.3 Å². The number of anilines is 1. The van der Waals surface area contributed by atoms with Gasteiger partial charge < -0.3 is 4.98 Å². The van der Waals surface area contributed by atoms with E-state index in [0.29, 0.717) is 5.95 Å². The van der Waals surface area contributed by atoms with Crippen molar-refractivity contribution in [1.82, 2.24) is 19.7 Å². The first kappa shape index (κ1) is 14.7. The van der Waals surface area contributed by atoms with E-state index in [2.05, 4.69) is 20.4 Å². The van der Waals surface area contributed by atoms with E-state index >= 15 is 0 Å². The average Bonchev–Trinajstić information content (AvgIpc) is 3.21. The summed E-state index contributed by atoms with van der Waals surface area (Å²) in [5.41, 5.74) is 3.95. The molecule has 0 atom stereocenters. The molecule has 0 radical (unpaired) electrons.